The highest BCUT2D eigenvalue weighted by Crippen LogP contribution is 2.11. The molecule has 0 saturated carbocycles. The van der Waals surface area contributed by atoms with Gasteiger partial charge in [0, 0.05) is 13.1 Å². The van der Waals surface area contributed by atoms with Crippen LogP contribution in [0.5, 0.6) is 0 Å². The standard InChI is InChI=1S/C17H17NO3/c19-16(11-17(20)21)18(12-14-7-3-1-4-8-14)13-15-9-5-2-6-10-15/h1-10H,11-13H2,(H,20,21). The molecular weight excluding hydrogens is 266 g/mol. The average Bonchev–Trinajstić information content (AvgIpc) is 2.48. The van der Waals surface area contributed by atoms with Gasteiger partial charge in [0.05, 0.1) is 0 Å². The Bertz CT molecular complexity index is 554. The van der Waals surface area contributed by atoms with E-state index in [9.17, 15) is 9.59 Å². The highest BCUT2D eigenvalue weighted by atomic mass is 16.4. The molecule has 0 atom stereocenters. The quantitative estimate of drug-likeness (QED) is 0.829. The third-order valence-electron chi connectivity index (χ3n) is 3.09. The van der Waals surface area contributed by atoms with Crippen LogP contribution in [0.15, 0.2) is 60.7 Å². The van der Waals surface area contributed by atoms with Gasteiger partial charge in [-0.2, -0.15) is 0 Å². The zero-order valence-electron chi connectivity index (χ0n) is 11.6. The first kappa shape index (κ1) is 14.8. The fourth-order valence-electron chi connectivity index (χ4n) is 2.08. The molecule has 0 saturated heterocycles. The molecule has 2 aromatic carbocycles. The Balaban J connectivity index is 2.13. The van der Waals surface area contributed by atoms with Crippen molar-refractivity contribution in [3.63, 3.8) is 0 Å². The van der Waals surface area contributed by atoms with Crippen molar-refractivity contribution in [2.45, 2.75) is 19.5 Å². The lowest BCUT2D eigenvalue weighted by Gasteiger charge is -2.22. The minimum atomic E-state index is -1.11. The van der Waals surface area contributed by atoms with E-state index in [1.165, 1.54) is 0 Å². The molecule has 0 radical (unpaired) electrons. The van der Waals surface area contributed by atoms with Crippen LogP contribution in [0.3, 0.4) is 0 Å². The van der Waals surface area contributed by atoms with E-state index in [0.29, 0.717) is 13.1 Å². The van der Waals surface area contributed by atoms with Crippen molar-refractivity contribution in [1.82, 2.24) is 4.90 Å². The number of carboxylic acid groups (broad SMARTS) is 1. The van der Waals surface area contributed by atoms with Gasteiger partial charge in [-0.1, -0.05) is 60.7 Å². The summed E-state index contributed by atoms with van der Waals surface area (Å²) < 4.78 is 0. The Kier molecular flexibility index (Phi) is 5.10. The Morgan fingerprint density at radius 3 is 1.62 bits per heavy atom. The summed E-state index contributed by atoms with van der Waals surface area (Å²) in [5.74, 6) is -1.48. The van der Waals surface area contributed by atoms with Crippen molar-refractivity contribution in [2.24, 2.45) is 0 Å². The SMILES string of the molecule is O=C(O)CC(=O)N(Cc1ccccc1)Cc1ccccc1. The molecule has 21 heavy (non-hydrogen) atoms. The molecule has 4 nitrogen and oxygen atoms in total. The van der Waals surface area contributed by atoms with Crippen LogP contribution >= 0.6 is 0 Å². The largest absolute Gasteiger partial charge is 0.481 e. The second-order valence-corrected chi connectivity index (χ2v) is 4.79. The lowest BCUT2D eigenvalue weighted by molar-refractivity contribution is -0.144. The van der Waals surface area contributed by atoms with E-state index in [-0.39, 0.29) is 5.91 Å². The van der Waals surface area contributed by atoms with E-state index in [1.807, 2.05) is 60.7 Å². The van der Waals surface area contributed by atoms with Gasteiger partial charge in [0.1, 0.15) is 6.42 Å². The Labute approximate surface area is 123 Å². The molecule has 4 heteroatoms. The van der Waals surface area contributed by atoms with Gasteiger partial charge in [-0.05, 0) is 11.1 Å². The molecule has 2 rings (SSSR count). The van der Waals surface area contributed by atoms with Gasteiger partial charge in [-0.25, -0.2) is 0 Å². The summed E-state index contributed by atoms with van der Waals surface area (Å²) in [6.07, 6.45) is -0.486. The van der Waals surface area contributed by atoms with Crippen LogP contribution in [-0.4, -0.2) is 21.9 Å². The van der Waals surface area contributed by atoms with E-state index in [1.54, 1.807) is 4.90 Å². The molecule has 0 spiro atoms. The molecule has 0 aromatic heterocycles. The minimum absolute atomic E-state index is 0.379. The van der Waals surface area contributed by atoms with Gasteiger partial charge in [0.25, 0.3) is 0 Å². The molecule has 0 aliphatic rings. The second-order valence-electron chi connectivity index (χ2n) is 4.79. The first-order valence-corrected chi connectivity index (χ1v) is 6.72. The number of hydrogen-bond acceptors (Lipinski definition) is 2. The van der Waals surface area contributed by atoms with Crippen molar-refractivity contribution in [3.05, 3.63) is 71.8 Å². The number of carbonyl (C=O) groups excluding carboxylic acids is 1. The maximum Gasteiger partial charge on any atom is 0.312 e. The number of carbonyl (C=O) groups is 2. The van der Waals surface area contributed by atoms with Crippen LogP contribution < -0.4 is 0 Å². The maximum absolute atomic E-state index is 12.1. The maximum atomic E-state index is 12.1. The van der Waals surface area contributed by atoms with Crippen molar-refractivity contribution >= 4 is 11.9 Å². The third-order valence-corrected chi connectivity index (χ3v) is 3.09. The summed E-state index contributed by atoms with van der Waals surface area (Å²) in [4.78, 5) is 24.4. The predicted octanol–water partition coefficient (Wildman–Crippen LogP) is 2.69. The number of nitrogens with zero attached hydrogens (tertiary/aromatic N) is 1. The van der Waals surface area contributed by atoms with E-state index in [2.05, 4.69) is 0 Å². The molecule has 1 amide bonds. The van der Waals surface area contributed by atoms with Crippen LogP contribution in [-0.2, 0) is 22.7 Å². The number of rotatable bonds is 6. The lowest BCUT2D eigenvalue weighted by Crippen LogP contribution is -2.31. The van der Waals surface area contributed by atoms with Crippen LogP contribution in [0.1, 0.15) is 17.5 Å². The number of carboxylic acids is 1. The van der Waals surface area contributed by atoms with Crippen molar-refractivity contribution in [1.29, 1.82) is 0 Å². The van der Waals surface area contributed by atoms with E-state index < -0.39 is 12.4 Å². The van der Waals surface area contributed by atoms with Gasteiger partial charge in [-0.3, -0.25) is 9.59 Å². The van der Waals surface area contributed by atoms with Gasteiger partial charge in [0.2, 0.25) is 5.91 Å². The first-order valence-electron chi connectivity index (χ1n) is 6.72. The average molecular weight is 283 g/mol. The Hall–Kier alpha value is -2.62. The van der Waals surface area contributed by atoms with Gasteiger partial charge >= 0.3 is 5.97 Å². The van der Waals surface area contributed by atoms with Crippen LogP contribution in [0, 0.1) is 0 Å². The second kappa shape index (κ2) is 7.24. The minimum Gasteiger partial charge on any atom is -0.481 e. The third kappa shape index (κ3) is 4.76. The summed E-state index contributed by atoms with van der Waals surface area (Å²) in [5.41, 5.74) is 1.96. The lowest BCUT2D eigenvalue weighted by atomic mass is 10.1. The Morgan fingerprint density at radius 1 is 0.810 bits per heavy atom. The molecule has 0 unspecified atom stereocenters. The topological polar surface area (TPSA) is 57.6 Å². The molecule has 0 fully saturated rings. The summed E-state index contributed by atoms with van der Waals surface area (Å²) in [7, 11) is 0. The summed E-state index contributed by atoms with van der Waals surface area (Å²) in [5, 5.41) is 8.82. The number of aliphatic carboxylic acids is 1. The highest BCUT2D eigenvalue weighted by Gasteiger charge is 2.17. The number of amides is 1. The smallest absolute Gasteiger partial charge is 0.312 e. The number of benzene rings is 2. The van der Waals surface area contributed by atoms with Gasteiger partial charge < -0.3 is 10.0 Å². The summed E-state index contributed by atoms with van der Waals surface area (Å²) in [6.45, 7) is 0.809. The highest BCUT2D eigenvalue weighted by molar-refractivity contribution is 5.93. The molecular formula is C17H17NO3. The van der Waals surface area contributed by atoms with Crippen molar-refractivity contribution in [3.8, 4) is 0 Å². The molecule has 1 N–H and O–H groups in total. The fraction of sp³-hybridized carbons (Fsp3) is 0.176. The number of hydrogen-bond donors (Lipinski definition) is 1. The Morgan fingerprint density at radius 2 is 1.24 bits per heavy atom. The van der Waals surface area contributed by atoms with Crippen LogP contribution in [0.2, 0.25) is 0 Å². The molecule has 0 bridgehead atoms. The molecule has 0 aliphatic heterocycles. The first-order chi connectivity index (χ1) is 10.1. The van der Waals surface area contributed by atoms with Crippen molar-refractivity contribution in [2.75, 3.05) is 0 Å². The summed E-state index contributed by atoms with van der Waals surface area (Å²) in [6, 6.07) is 19.1. The van der Waals surface area contributed by atoms with E-state index in [4.69, 9.17) is 5.11 Å². The fourth-order valence-corrected chi connectivity index (χ4v) is 2.08. The van der Waals surface area contributed by atoms with Gasteiger partial charge in [0.15, 0.2) is 0 Å². The van der Waals surface area contributed by atoms with Crippen molar-refractivity contribution < 1.29 is 14.7 Å². The van der Waals surface area contributed by atoms with Gasteiger partial charge in [-0.15, -0.1) is 0 Å². The predicted molar refractivity (Wildman–Crippen MR) is 79.4 cm³/mol. The monoisotopic (exact) mass is 283 g/mol. The molecule has 0 heterocycles. The zero-order chi connectivity index (χ0) is 15.1. The molecule has 0 aliphatic carbocycles. The zero-order valence-corrected chi connectivity index (χ0v) is 11.6. The molecule has 2 aromatic rings. The molecule has 108 valence electrons. The normalized spacial score (nSPS) is 10.1. The van der Waals surface area contributed by atoms with Crippen LogP contribution in [0.4, 0.5) is 0 Å². The summed E-state index contributed by atoms with van der Waals surface area (Å²) >= 11 is 0. The van der Waals surface area contributed by atoms with Crippen LogP contribution in [0.25, 0.3) is 0 Å². The van der Waals surface area contributed by atoms with E-state index >= 15 is 0 Å². The van der Waals surface area contributed by atoms with E-state index in [0.717, 1.165) is 11.1 Å².